The van der Waals surface area contributed by atoms with Gasteiger partial charge in [0.25, 0.3) is 0 Å². The van der Waals surface area contributed by atoms with Gasteiger partial charge in [0.2, 0.25) is 0 Å². The monoisotopic (exact) mass is 213 g/mol. The van der Waals surface area contributed by atoms with Gasteiger partial charge in [-0.05, 0) is 18.4 Å². The lowest BCUT2D eigenvalue weighted by Crippen LogP contribution is -2.17. The van der Waals surface area contributed by atoms with Gasteiger partial charge < -0.3 is 5.73 Å². The summed E-state index contributed by atoms with van der Waals surface area (Å²) in [4.78, 5) is 0. The van der Waals surface area contributed by atoms with Crippen LogP contribution in [0.15, 0.2) is 42.7 Å². The molecule has 1 fully saturated rings. The summed E-state index contributed by atoms with van der Waals surface area (Å²) in [5, 5.41) is 4.35. The van der Waals surface area contributed by atoms with Crippen molar-refractivity contribution < 1.29 is 0 Å². The van der Waals surface area contributed by atoms with Gasteiger partial charge in [-0.15, -0.1) is 0 Å². The molecular formula is C13H15N3. The smallest absolute Gasteiger partial charge is 0.0659 e. The van der Waals surface area contributed by atoms with E-state index in [2.05, 4.69) is 23.4 Å². The van der Waals surface area contributed by atoms with E-state index in [1.807, 2.05) is 29.1 Å². The molecule has 1 aromatic heterocycles. The summed E-state index contributed by atoms with van der Waals surface area (Å²) in [6.07, 6.45) is 6.14. The molecule has 0 amide bonds. The molecule has 16 heavy (non-hydrogen) atoms. The number of benzene rings is 1. The average molecular weight is 213 g/mol. The van der Waals surface area contributed by atoms with Gasteiger partial charge in [-0.2, -0.15) is 5.10 Å². The number of hydrogen-bond acceptors (Lipinski definition) is 2. The molecule has 3 nitrogen and oxygen atoms in total. The zero-order valence-electron chi connectivity index (χ0n) is 9.13. The number of nitrogens with zero attached hydrogens (tertiary/aromatic N) is 2. The third-order valence-electron chi connectivity index (χ3n) is 3.18. The van der Waals surface area contributed by atoms with Crippen LogP contribution >= 0.6 is 0 Å². The second-order valence-corrected chi connectivity index (χ2v) is 4.57. The van der Waals surface area contributed by atoms with Crippen LogP contribution in [0.25, 0.3) is 0 Å². The van der Waals surface area contributed by atoms with E-state index >= 15 is 0 Å². The molecule has 3 heteroatoms. The van der Waals surface area contributed by atoms with E-state index in [-0.39, 0.29) is 5.54 Å². The maximum atomic E-state index is 6.12. The fourth-order valence-electron chi connectivity index (χ4n) is 1.90. The summed E-state index contributed by atoms with van der Waals surface area (Å²) in [5.41, 5.74) is 8.48. The molecule has 1 aliphatic rings. The van der Waals surface area contributed by atoms with E-state index in [9.17, 15) is 0 Å². The predicted octanol–water partition coefficient (Wildman–Crippen LogP) is 1.88. The minimum Gasteiger partial charge on any atom is -0.321 e. The van der Waals surface area contributed by atoms with Gasteiger partial charge in [0, 0.05) is 17.3 Å². The van der Waals surface area contributed by atoms with Gasteiger partial charge in [0.1, 0.15) is 0 Å². The molecule has 0 unspecified atom stereocenters. The summed E-state index contributed by atoms with van der Waals surface area (Å²) in [5.74, 6) is 0. The van der Waals surface area contributed by atoms with E-state index in [0.29, 0.717) is 0 Å². The first kappa shape index (κ1) is 9.60. The molecule has 0 bridgehead atoms. The quantitative estimate of drug-likeness (QED) is 0.846. The fourth-order valence-corrected chi connectivity index (χ4v) is 1.90. The molecule has 0 atom stereocenters. The Balaban J connectivity index is 1.78. The Hall–Kier alpha value is -1.61. The Morgan fingerprint density at radius 2 is 2.00 bits per heavy atom. The Bertz CT molecular complexity index is 483. The Labute approximate surface area is 94.9 Å². The first-order valence-electron chi connectivity index (χ1n) is 5.62. The first-order valence-corrected chi connectivity index (χ1v) is 5.62. The first-order chi connectivity index (χ1) is 7.76. The SMILES string of the molecule is NC1(c2cnn(Cc3ccccc3)c2)CC1. The van der Waals surface area contributed by atoms with Crippen molar-refractivity contribution in [2.75, 3.05) is 0 Å². The molecule has 82 valence electrons. The molecule has 1 saturated carbocycles. The van der Waals surface area contributed by atoms with Gasteiger partial charge in [-0.25, -0.2) is 0 Å². The highest BCUT2D eigenvalue weighted by molar-refractivity contribution is 5.25. The second kappa shape index (κ2) is 3.46. The van der Waals surface area contributed by atoms with Crippen molar-refractivity contribution in [3.8, 4) is 0 Å². The lowest BCUT2D eigenvalue weighted by molar-refractivity contribution is 0.681. The third-order valence-corrected chi connectivity index (χ3v) is 3.18. The molecule has 0 aliphatic heterocycles. The lowest BCUT2D eigenvalue weighted by Gasteiger charge is -2.03. The van der Waals surface area contributed by atoms with Gasteiger partial charge in [0.15, 0.2) is 0 Å². The summed E-state index contributed by atoms with van der Waals surface area (Å²) in [6, 6.07) is 10.3. The van der Waals surface area contributed by atoms with Gasteiger partial charge in [0.05, 0.1) is 12.7 Å². The molecule has 1 heterocycles. The molecule has 2 N–H and O–H groups in total. The summed E-state index contributed by atoms with van der Waals surface area (Å²) >= 11 is 0. The molecule has 1 aromatic carbocycles. The average Bonchev–Trinajstić information content (AvgIpc) is 2.88. The minimum atomic E-state index is -0.0745. The number of rotatable bonds is 3. The van der Waals surface area contributed by atoms with Gasteiger partial charge in [-0.1, -0.05) is 30.3 Å². The molecule has 3 rings (SSSR count). The van der Waals surface area contributed by atoms with E-state index in [1.165, 1.54) is 11.1 Å². The van der Waals surface area contributed by atoms with Crippen LogP contribution < -0.4 is 5.73 Å². The molecule has 0 saturated heterocycles. The Kier molecular flexibility index (Phi) is 2.07. The molecule has 0 spiro atoms. The van der Waals surface area contributed by atoms with E-state index in [0.717, 1.165) is 19.4 Å². The molecule has 2 aromatic rings. The Morgan fingerprint density at radius 1 is 1.25 bits per heavy atom. The van der Waals surface area contributed by atoms with Crippen molar-refractivity contribution in [3.05, 3.63) is 53.9 Å². The topological polar surface area (TPSA) is 43.8 Å². The van der Waals surface area contributed by atoms with Crippen LogP contribution in [0.2, 0.25) is 0 Å². The van der Waals surface area contributed by atoms with Crippen LogP contribution in [-0.2, 0) is 12.1 Å². The standard InChI is InChI=1S/C13H15N3/c14-13(6-7-13)12-8-15-16(10-12)9-11-4-2-1-3-5-11/h1-5,8,10H,6-7,9,14H2. The van der Waals surface area contributed by atoms with Crippen molar-refractivity contribution in [2.45, 2.75) is 24.9 Å². The fraction of sp³-hybridized carbons (Fsp3) is 0.308. The van der Waals surface area contributed by atoms with Crippen molar-refractivity contribution in [1.82, 2.24) is 9.78 Å². The van der Waals surface area contributed by atoms with Crippen LogP contribution in [-0.4, -0.2) is 9.78 Å². The van der Waals surface area contributed by atoms with Gasteiger partial charge >= 0.3 is 0 Å². The largest absolute Gasteiger partial charge is 0.321 e. The summed E-state index contributed by atoms with van der Waals surface area (Å²) in [6.45, 7) is 0.816. The van der Waals surface area contributed by atoms with E-state index in [4.69, 9.17) is 5.73 Å². The maximum Gasteiger partial charge on any atom is 0.0659 e. The van der Waals surface area contributed by atoms with Crippen molar-refractivity contribution in [2.24, 2.45) is 5.73 Å². The number of nitrogens with two attached hydrogens (primary N) is 1. The lowest BCUT2D eigenvalue weighted by atomic mass is 10.1. The van der Waals surface area contributed by atoms with Crippen molar-refractivity contribution in [3.63, 3.8) is 0 Å². The minimum absolute atomic E-state index is 0.0745. The van der Waals surface area contributed by atoms with Crippen LogP contribution in [0.5, 0.6) is 0 Å². The zero-order chi connectivity index (χ0) is 11.0. The normalized spacial score (nSPS) is 17.3. The van der Waals surface area contributed by atoms with Crippen LogP contribution in [0, 0.1) is 0 Å². The highest BCUT2D eigenvalue weighted by Gasteiger charge is 2.40. The summed E-state index contributed by atoms with van der Waals surface area (Å²) < 4.78 is 1.96. The molecule has 1 aliphatic carbocycles. The summed E-state index contributed by atoms with van der Waals surface area (Å²) in [7, 11) is 0. The van der Waals surface area contributed by atoms with Crippen molar-refractivity contribution >= 4 is 0 Å². The van der Waals surface area contributed by atoms with Crippen LogP contribution in [0.3, 0.4) is 0 Å². The van der Waals surface area contributed by atoms with E-state index in [1.54, 1.807) is 0 Å². The third kappa shape index (κ3) is 1.74. The number of aromatic nitrogens is 2. The van der Waals surface area contributed by atoms with E-state index < -0.39 is 0 Å². The molecule has 0 radical (unpaired) electrons. The predicted molar refractivity (Wildman–Crippen MR) is 62.9 cm³/mol. The number of hydrogen-bond donors (Lipinski definition) is 1. The maximum absolute atomic E-state index is 6.12. The highest BCUT2D eigenvalue weighted by atomic mass is 15.3. The Morgan fingerprint density at radius 3 is 2.69 bits per heavy atom. The van der Waals surface area contributed by atoms with Crippen LogP contribution in [0.1, 0.15) is 24.0 Å². The van der Waals surface area contributed by atoms with Crippen molar-refractivity contribution in [1.29, 1.82) is 0 Å². The highest BCUT2D eigenvalue weighted by Crippen LogP contribution is 2.42. The molecular weight excluding hydrogens is 198 g/mol. The zero-order valence-corrected chi connectivity index (χ0v) is 9.13. The second-order valence-electron chi connectivity index (χ2n) is 4.57. The van der Waals surface area contributed by atoms with Crippen LogP contribution in [0.4, 0.5) is 0 Å². The van der Waals surface area contributed by atoms with Gasteiger partial charge in [-0.3, -0.25) is 4.68 Å².